The molecule has 2 aromatic carbocycles. The Bertz CT molecular complexity index is 575. The van der Waals surface area contributed by atoms with E-state index in [1.165, 1.54) is 11.1 Å². The normalized spacial score (nSPS) is 20.9. The lowest BCUT2D eigenvalue weighted by atomic mass is 9.74. The number of aliphatic imine (C=N–C) groups is 1. The van der Waals surface area contributed by atoms with E-state index in [0.29, 0.717) is 6.54 Å². The van der Waals surface area contributed by atoms with Gasteiger partial charge in [0.05, 0.1) is 11.1 Å². The molecule has 0 aliphatic carbocycles. The van der Waals surface area contributed by atoms with Gasteiger partial charge in [0, 0.05) is 6.21 Å². The highest BCUT2D eigenvalue weighted by atomic mass is 14.8. The number of hydrogen-bond donors (Lipinski definition) is 1. The van der Waals surface area contributed by atoms with E-state index < -0.39 is 0 Å². The summed E-state index contributed by atoms with van der Waals surface area (Å²) in [6.45, 7) is 0.648. The van der Waals surface area contributed by atoms with E-state index >= 15 is 0 Å². The molecule has 0 saturated heterocycles. The van der Waals surface area contributed by atoms with Gasteiger partial charge >= 0.3 is 0 Å². The minimum Gasteiger partial charge on any atom is -0.330 e. The van der Waals surface area contributed by atoms with Crippen molar-refractivity contribution >= 4 is 11.9 Å². The number of rotatable bonds is 3. The van der Waals surface area contributed by atoms with Gasteiger partial charge in [0.1, 0.15) is 0 Å². The predicted octanol–water partition coefficient (Wildman–Crippen LogP) is 3.04. The van der Waals surface area contributed by atoms with Crippen molar-refractivity contribution in [2.75, 3.05) is 6.54 Å². The standard InChI is InChI=1S/C16H16N2/c17-11-10-16(13-6-2-1-3-7-13)12-18-15-9-5-4-8-14(15)16/h1-9,12H,10-11,17H2. The summed E-state index contributed by atoms with van der Waals surface area (Å²) in [4.78, 5) is 4.57. The molecule has 18 heavy (non-hydrogen) atoms. The average Bonchev–Trinajstić information content (AvgIpc) is 2.81. The first-order valence-electron chi connectivity index (χ1n) is 6.27. The molecule has 1 heterocycles. The van der Waals surface area contributed by atoms with Gasteiger partial charge in [0.25, 0.3) is 0 Å². The van der Waals surface area contributed by atoms with Crippen LogP contribution in [0.4, 0.5) is 5.69 Å². The molecule has 0 saturated carbocycles. The third-order valence-electron chi connectivity index (χ3n) is 3.64. The molecule has 90 valence electrons. The quantitative estimate of drug-likeness (QED) is 0.874. The Balaban J connectivity index is 2.19. The fraction of sp³-hybridized carbons (Fsp3) is 0.188. The summed E-state index contributed by atoms with van der Waals surface area (Å²) in [6.07, 6.45) is 2.94. The molecule has 0 aromatic heterocycles. The van der Waals surface area contributed by atoms with Crippen molar-refractivity contribution in [3.8, 4) is 0 Å². The Morgan fingerprint density at radius 2 is 1.67 bits per heavy atom. The first kappa shape index (κ1) is 11.2. The van der Waals surface area contributed by atoms with E-state index in [1.807, 2.05) is 12.1 Å². The summed E-state index contributed by atoms with van der Waals surface area (Å²) in [5.74, 6) is 0. The topological polar surface area (TPSA) is 38.4 Å². The van der Waals surface area contributed by atoms with Crippen molar-refractivity contribution in [3.05, 3.63) is 65.7 Å². The van der Waals surface area contributed by atoms with E-state index in [0.717, 1.165) is 12.1 Å². The molecule has 1 aliphatic rings. The molecule has 2 heteroatoms. The van der Waals surface area contributed by atoms with Crippen molar-refractivity contribution in [1.29, 1.82) is 0 Å². The maximum Gasteiger partial charge on any atom is 0.0671 e. The van der Waals surface area contributed by atoms with Crippen LogP contribution in [0.15, 0.2) is 59.6 Å². The summed E-state index contributed by atoms with van der Waals surface area (Å²) >= 11 is 0. The van der Waals surface area contributed by atoms with Crippen molar-refractivity contribution in [1.82, 2.24) is 0 Å². The zero-order valence-electron chi connectivity index (χ0n) is 10.2. The predicted molar refractivity (Wildman–Crippen MR) is 75.5 cm³/mol. The zero-order valence-corrected chi connectivity index (χ0v) is 10.2. The molecule has 2 aromatic rings. The lowest BCUT2D eigenvalue weighted by Gasteiger charge is -2.28. The van der Waals surface area contributed by atoms with Gasteiger partial charge in [-0.3, -0.25) is 4.99 Å². The lowest BCUT2D eigenvalue weighted by Crippen LogP contribution is -2.30. The molecule has 0 amide bonds. The highest BCUT2D eigenvalue weighted by Crippen LogP contribution is 2.43. The van der Waals surface area contributed by atoms with Gasteiger partial charge in [-0.25, -0.2) is 0 Å². The highest BCUT2D eigenvalue weighted by Gasteiger charge is 2.36. The van der Waals surface area contributed by atoms with Crippen LogP contribution in [-0.4, -0.2) is 12.8 Å². The number of para-hydroxylation sites is 1. The Morgan fingerprint density at radius 1 is 0.944 bits per heavy atom. The number of fused-ring (bicyclic) bond motifs is 1. The SMILES string of the molecule is NCCC1(c2ccccc2)C=Nc2ccccc21. The Morgan fingerprint density at radius 3 is 2.44 bits per heavy atom. The minimum absolute atomic E-state index is 0.146. The second kappa shape index (κ2) is 4.39. The minimum atomic E-state index is -0.146. The summed E-state index contributed by atoms with van der Waals surface area (Å²) in [5.41, 5.74) is 9.28. The van der Waals surface area contributed by atoms with Crippen LogP contribution in [0.1, 0.15) is 17.5 Å². The van der Waals surface area contributed by atoms with E-state index in [-0.39, 0.29) is 5.41 Å². The largest absolute Gasteiger partial charge is 0.330 e. The molecular weight excluding hydrogens is 220 g/mol. The molecule has 0 spiro atoms. The maximum atomic E-state index is 5.83. The van der Waals surface area contributed by atoms with E-state index in [2.05, 4.69) is 53.7 Å². The smallest absolute Gasteiger partial charge is 0.0671 e. The van der Waals surface area contributed by atoms with Crippen LogP contribution in [0.3, 0.4) is 0 Å². The summed E-state index contributed by atoms with van der Waals surface area (Å²) in [6, 6.07) is 18.8. The van der Waals surface area contributed by atoms with Crippen molar-refractivity contribution in [3.63, 3.8) is 0 Å². The second-order valence-electron chi connectivity index (χ2n) is 4.65. The van der Waals surface area contributed by atoms with Crippen LogP contribution in [-0.2, 0) is 5.41 Å². The van der Waals surface area contributed by atoms with Crippen LogP contribution in [0.5, 0.6) is 0 Å². The van der Waals surface area contributed by atoms with Crippen LogP contribution >= 0.6 is 0 Å². The number of nitrogens with two attached hydrogens (primary N) is 1. The summed E-state index contributed by atoms with van der Waals surface area (Å²) in [7, 11) is 0. The van der Waals surface area contributed by atoms with Gasteiger partial charge in [-0.2, -0.15) is 0 Å². The first-order chi connectivity index (χ1) is 8.87. The van der Waals surface area contributed by atoms with E-state index in [4.69, 9.17) is 5.73 Å². The van der Waals surface area contributed by atoms with Gasteiger partial charge in [-0.15, -0.1) is 0 Å². The van der Waals surface area contributed by atoms with Crippen molar-refractivity contribution < 1.29 is 0 Å². The van der Waals surface area contributed by atoms with Crippen LogP contribution in [0, 0.1) is 0 Å². The Labute approximate surface area is 107 Å². The van der Waals surface area contributed by atoms with E-state index in [9.17, 15) is 0 Å². The molecule has 1 atom stereocenters. The van der Waals surface area contributed by atoms with Crippen molar-refractivity contribution in [2.24, 2.45) is 10.7 Å². The molecular formula is C16H16N2. The molecule has 0 radical (unpaired) electrons. The van der Waals surface area contributed by atoms with Gasteiger partial charge in [0.15, 0.2) is 0 Å². The molecule has 3 rings (SSSR count). The van der Waals surface area contributed by atoms with Crippen molar-refractivity contribution in [2.45, 2.75) is 11.8 Å². The fourth-order valence-electron chi connectivity index (χ4n) is 2.75. The fourth-order valence-corrected chi connectivity index (χ4v) is 2.75. The highest BCUT2D eigenvalue weighted by molar-refractivity contribution is 5.89. The average molecular weight is 236 g/mol. The number of hydrogen-bond acceptors (Lipinski definition) is 2. The molecule has 0 bridgehead atoms. The van der Waals surface area contributed by atoms with E-state index in [1.54, 1.807) is 0 Å². The van der Waals surface area contributed by atoms with Crippen LogP contribution in [0.25, 0.3) is 0 Å². The summed E-state index contributed by atoms with van der Waals surface area (Å²) < 4.78 is 0. The van der Waals surface area contributed by atoms with Gasteiger partial charge in [-0.05, 0) is 30.2 Å². The maximum absolute atomic E-state index is 5.83. The molecule has 0 fully saturated rings. The molecule has 2 nitrogen and oxygen atoms in total. The molecule has 1 unspecified atom stereocenters. The monoisotopic (exact) mass is 236 g/mol. The number of benzene rings is 2. The van der Waals surface area contributed by atoms with Gasteiger partial charge in [-0.1, -0.05) is 48.5 Å². The lowest BCUT2D eigenvalue weighted by molar-refractivity contribution is 0.647. The molecule has 2 N–H and O–H groups in total. The first-order valence-corrected chi connectivity index (χ1v) is 6.27. The number of nitrogens with zero attached hydrogens (tertiary/aromatic N) is 1. The third kappa shape index (κ3) is 1.57. The Kier molecular flexibility index (Phi) is 2.73. The van der Waals surface area contributed by atoms with Gasteiger partial charge < -0.3 is 5.73 Å². The molecule has 1 aliphatic heterocycles. The van der Waals surface area contributed by atoms with Gasteiger partial charge in [0.2, 0.25) is 0 Å². The second-order valence-corrected chi connectivity index (χ2v) is 4.65. The Hall–Kier alpha value is -1.93. The van der Waals surface area contributed by atoms with Crippen LogP contribution < -0.4 is 5.73 Å². The summed E-state index contributed by atoms with van der Waals surface area (Å²) in [5, 5.41) is 0. The van der Waals surface area contributed by atoms with Crippen LogP contribution in [0.2, 0.25) is 0 Å². The zero-order chi connectivity index (χ0) is 12.4. The third-order valence-corrected chi connectivity index (χ3v) is 3.64.